The molecular weight excluding hydrogens is 233 g/mol. The zero-order valence-corrected chi connectivity index (χ0v) is 11.3. The van der Waals surface area contributed by atoms with Gasteiger partial charge in [-0.1, -0.05) is 6.07 Å². The molecule has 2 atom stereocenters. The second kappa shape index (κ2) is 7.34. The van der Waals surface area contributed by atoms with E-state index >= 15 is 0 Å². The summed E-state index contributed by atoms with van der Waals surface area (Å²) >= 11 is 0. The number of ether oxygens (including phenoxy) is 2. The standard InChI is InChI=1S/C14H22FNO2/c1-10(16)8-12-4-5-14(13(15)9-12)18-11(2)6-7-17-3/h4-5,9-11H,6-8,16H2,1-3H3. The van der Waals surface area contributed by atoms with E-state index in [1.54, 1.807) is 13.2 Å². The molecule has 0 heterocycles. The Bertz CT molecular complexity index is 369. The third-order valence-corrected chi connectivity index (χ3v) is 2.61. The van der Waals surface area contributed by atoms with Crippen LogP contribution in [-0.4, -0.2) is 25.9 Å². The number of benzene rings is 1. The van der Waals surface area contributed by atoms with Gasteiger partial charge in [-0.3, -0.25) is 0 Å². The molecule has 0 bridgehead atoms. The smallest absolute Gasteiger partial charge is 0.165 e. The number of nitrogens with two attached hydrogens (primary N) is 1. The lowest BCUT2D eigenvalue weighted by Gasteiger charge is -2.15. The van der Waals surface area contributed by atoms with Gasteiger partial charge in [-0.15, -0.1) is 0 Å². The molecule has 0 aliphatic rings. The Morgan fingerprint density at radius 3 is 2.61 bits per heavy atom. The molecule has 0 radical (unpaired) electrons. The molecule has 102 valence electrons. The molecule has 2 N–H and O–H groups in total. The molecule has 0 aliphatic heterocycles. The van der Waals surface area contributed by atoms with E-state index in [2.05, 4.69) is 0 Å². The largest absolute Gasteiger partial charge is 0.488 e. The third kappa shape index (κ3) is 5.02. The van der Waals surface area contributed by atoms with E-state index in [4.69, 9.17) is 15.2 Å². The van der Waals surface area contributed by atoms with Crippen molar-refractivity contribution >= 4 is 0 Å². The van der Waals surface area contributed by atoms with Crippen LogP contribution in [0.3, 0.4) is 0 Å². The highest BCUT2D eigenvalue weighted by atomic mass is 19.1. The van der Waals surface area contributed by atoms with Crippen molar-refractivity contribution in [3.63, 3.8) is 0 Å². The van der Waals surface area contributed by atoms with Gasteiger partial charge in [0.25, 0.3) is 0 Å². The van der Waals surface area contributed by atoms with Crippen molar-refractivity contribution in [1.82, 2.24) is 0 Å². The van der Waals surface area contributed by atoms with Crippen LogP contribution in [0.5, 0.6) is 5.75 Å². The summed E-state index contributed by atoms with van der Waals surface area (Å²) in [6.45, 7) is 4.40. The molecule has 1 aromatic rings. The second-order valence-electron chi connectivity index (χ2n) is 4.66. The van der Waals surface area contributed by atoms with E-state index in [-0.39, 0.29) is 23.7 Å². The highest BCUT2D eigenvalue weighted by molar-refractivity contribution is 5.30. The first kappa shape index (κ1) is 14.9. The van der Waals surface area contributed by atoms with Crippen LogP contribution in [-0.2, 0) is 11.2 Å². The Morgan fingerprint density at radius 2 is 2.06 bits per heavy atom. The van der Waals surface area contributed by atoms with Crippen LogP contribution in [0.15, 0.2) is 18.2 Å². The number of methoxy groups -OCH3 is 1. The number of hydrogen-bond donors (Lipinski definition) is 1. The molecular formula is C14H22FNO2. The van der Waals surface area contributed by atoms with Gasteiger partial charge in [0, 0.05) is 26.2 Å². The van der Waals surface area contributed by atoms with Gasteiger partial charge in [-0.05, 0) is 38.0 Å². The zero-order valence-electron chi connectivity index (χ0n) is 11.3. The van der Waals surface area contributed by atoms with Gasteiger partial charge in [-0.2, -0.15) is 0 Å². The fourth-order valence-electron chi connectivity index (χ4n) is 1.70. The van der Waals surface area contributed by atoms with Crippen molar-refractivity contribution in [3.05, 3.63) is 29.6 Å². The number of hydrogen-bond acceptors (Lipinski definition) is 3. The van der Waals surface area contributed by atoms with Gasteiger partial charge in [0.1, 0.15) is 0 Å². The summed E-state index contributed by atoms with van der Waals surface area (Å²) < 4.78 is 24.3. The fourth-order valence-corrected chi connectivity index (χ4v) is 1.70. The molecule has 0 saturated heterocycles. The average molecular weight is 255 g/mol. The Labute approximate surface area is 108 Å². The predicted molar refractivity (Wildman–Crippen MR) is 70.3 cm³/mol. The van der Waals surface area contributed by atoms with Gasteiger partial charge < -0.3 is 15.2 Å². The maximum atomic E-state index is 13.8. The summed E-state index contributed by atoms with van der Waals surface area (Å²) in [6.07, 6.45) is 1.33. The molecule has 4 heteroatoms. The van der Waals surface area contributed by atoms with Gasteiger partial charge in [0.15, 0.2) is 11.6 Å². The monoisotopic (exact) mass is 255 g/mol. The molecule has 1 rings (SSSR count). The van der Waals surface area contributed by atoms with E-state index in [1.165, 1.54) is 6.07 Å². The first-order chi connectivity index (χ1) is 8.52. The molecule has 3 nitrogen and oxygen atoms in total. The van der Waals surface area contributed by atoms with Crippen molar-refractivity contribution in [2.45, 2.75) is 38.8 Å². The van der Waals surface area contributed by atoms with E-state index in [0.29, 0.717) is 13.0 Å². The van der Waals surface area contributed by atoms with Crippen LogP contribution >= 0.6 is 0 Å². The molecule has 1 aromatic carbocycles. The maximum absolute atomic E-state index is 13.8. The maximum Gasteiger partial charge on any atom is 0.165 e. The van der Waals surface area contributed by atoms with Crippen molar-refractivity contribution in [1.29, 1.82) is 0 Å². The van der Waals surface area contributed by atoms with Crippen molar-refractivity contribution in [2.75, 3.05) is 13.7 Å². The van der Waals surface area contributed by atoms with Crippen LogP contribution in [0.25, 0.3) is 0 Å². The van der Waals surface area contributed by atoms with E-state index in [1.807, 2.05) is 19.9 Å². The topological polar surface area (TPSA) is 44.5 Å². The van der Waals surface area contributed by atoms with E-state index in [0.717, 1.165) is 12.0 Å². The van der Waals surface area contributed by atoms with Crippen LogP contribution < -0.4 is 10.5 Å². The van der Waals surface area contributed by atoms with Crippen molar-refractivity contribution in [3.8, 4) is 5.75 Å². The van der Waals surface area contributed by atoms with E-state index < -0.39 is 0 Å². The number of halogens is 1. The summed E-state index contributed by atoms with van der Waals surface area (Å²) in [4.78, 5) is 0. The molecule has 0 amide bonds. The van der Waals surface area contributed by atoms with Crippen LogP contribution in [0.1, 0.15) is 25.8 Å². The second-order valence-corrected chi connectivity index (χ2v) is 4.66. The summed E-state index contributed by atoms with van der Waals surface area (Å²) in [5, 5.41) is 0. The lowest BCUT2D eigenvalue weighted by Crippen LogP contribution is -2.18. The Kier molecular flexibility index (Phi) is 6.09. The zero-order chi connectivity index (χ0) is 13.5. The molecule has 0 aliphatic carbocycles. The normalized spacial score (nSPS) is 14.3. The van der Waals surface area contributed by atoms with Gasteiger partial charge >= 0.3 is 0 Å². The molecule has 0 fully saturated rings. The summed E-state index contributed by atoms with van der Waals surface area (Å²) in [5.74, 6) is -0.0514. The highest BCUT2D eigenvalue weighted by Gasteiger charge is 2.10. The van der Waals surface area contributed by atoms with Gasteiger partial charge in [0.2, 0.25) is 0 Å². The van der Waals surface area contributed by atoms with Crippen LogP contribution in [0.2, 0.25) is 0 Å². The van der Waals surface area contributed by atoms with Crippen molar-refractivity contribution < 1.29 is 13.9 Å². The van der Waals surface area contributed by atoms with Crippen LogP contribution in [0.4, 0.5) is 4.39 Å². The number of rotatable bonds is 7. The Hall–Kier alpha value is -1.13. The summed E-state index contributed by atoms with van der Waals surface area (Å²) in [7, 11) is 1.64. The van der Waals surface area contributed by atoms with E-state index in [9.17, 15) is 4.39 Å². The van der Waals surface area contributed by atoms with Gasteiger partial charge in [-0.25, -0.2) is 4.39 Å². The van der Waals surface area contributed by atoms with Gasteiger partial charge in [0.05, 0.1) is 6.10 Å². The minimum atomic E-state index is -0.336. The lowest BCUT2D eigenvalue weighted by atomic mass is 10.1. The minimum absolute atomic E-state index is 0.0248. The summed E-state index contributed by atoms with van der Waals surface area (Å²) in [6, 6.07) is 5.03. The lowest BCUT2D eigenvalue weighted by molar-refractivity contribution is 0.132. The molecule has 2 unspecified atom stereocenters. The summed E-state index contributed by atoms with van der Waals surface area (Å²) in [5.41, 5.74) is 6.57. The third-order valence-electron chi connectivity index (χ3n) is 2.61. The van der Waals surface area contributed by atoms with Crippen molar-refractivity contribution in [2.24, 2.45) is 5.73 Å². The molecule has 0 aromatic heterocycles. The Morgan fingerprint density at radius 1 is 1.33 bits per heavy atom. The quantitative estimate of drug-likeness (QED) is 0.814. The SMILES string of the molecule is COCCC(C)Oc1ccc(CC(C)N)cc1F. The molecule has 0 spiro atoms. The Balaban J connectivity index is 2.61. The average Bonchev–Trinajstić information content (AvgIpc) is 2.29. The first-order valence-corrected chi connectivity index (χ1v) is 6.22. The highest BCUT2D eigenvalue weighted by Crippen LogP contribution is 2.21. The minimum Gasteiger partial charge on any atom is -0.488 e. The first-order valence-electron chi connectivity index (χ1n) is 6.22. The molecule has 18 heavy (non-hydrogen) atoms. The predicted octanol–water partition coefficient (Wildman–Crippen LogP) is 2.52. The fraction of sp³-hybridized carbons (Fsp3) is 0.571. The van der Waals surface area contributed by atoms with Crippen LogP contribution in [0, 0.1) is 5.82 Å². The molecule has 0 saturated carbocycles.